The van der Waals surface area contributed by atoms with Gasteiger partial charge in [-0.15, -0.1) is 12.2 Å². The van der Waals surface area contributed by atoms with Crippen molar-refractivity contribution in [1.29, 1.82) is 0 Å². The van der Waals surface area contributed by atoms with Gasteiger partial charge in [-0.2, -0.15) is 0 Å². The number of nitrogens with one attached hydrogen (secondary N) is 2. The molecule has 138 valence electrons. The van der Waals surface area contributed by atoms with Gasteiger partial charge in [0.1, 0.15) is 0 Å². The number of para-hydroxylation sites is 1. The normalized spacial score (nSPS) is 31.2. The van der Waals surface area contributed by atoms with Gasteiger partial charge < -0.3 is 20.2 Å². The van der Waals surface area contributed by atoms with Gasteiger partial charge in [0.05, 0.1) is 0 Å². The van der Waals surface area contributed by atoms with Crippen molar-refractivity contribution in [3.8, 4) is 0 Å². The number of allylic oxidation sites excluding steroid dienone is 1. The average Bonchev–Trinajstić information content (AvgIpc) is 3.03. The number of aromatic nitrogens is 2. The van der Waals surface area contributed by atoms with Crippen LogP contribution >= 0.6 is 0 Å². The molecular formula is C20H23N3O3-2. The van der Waals surface area contributed by atoms with Crippen molar-refractivity contribution in [3.05, 3.63) is 63.2 Å². The third kappa shape index (κ3) is 2.15. The molecule has 1 aliphatic carbocycles. The van der Waals surface area contributed by atoms with Gasteiger partial charge in [-0.3, -0.25) is 9.89 Å². The molecule has 2 aromatic rings. The first-order valence-corrected chi connectivity index (χ1v) is 8.89. The van der Waals surface area contributed by atoms with Crippen molar-refractivity contribution in [2.75, 3.05) is 11.9 Å². The number of hydrogen-bond donors (Lipinski definition) is 2. The number of aryl methyl sites for hydroxylation is 1. The van der Waals surface area contributed by atoms with Crippen LogP contribution in [0.2, 0.25) is 0 Å². The number of hydrogen-bond acceptors (Lipinski definition) is 4. The van der Waals surface area contributed by atoms with Crippen molar-refractivity contribution in [3.63, 3.8) is 0 Å². The molecule has 1 aromatic carbocycles. The molecular weight excluding hydrogens is 330 g/mol. The summed E-state index contributed by atoms with van der Waals surface area (Å²) in [4.78, 5) is 14.0. The van der Waals surface area contributed by atoms with E-state index < -0.39 is 24.0 Å². The van der Waals surface area contributed by atoms with Crippen LogP contribution in [0.25, 0.3) is 0 Å². The lowest BCUT2D eigenvalue weighted by Gasteiger charge is -2.60. The predicted octanol–water partition coefficient (Wildman–Crippen LogP) is 0.494. The van der Waals surface area contributed by atoms with Crippen LogP contribution < -0.4 is 20.7 Å². The fourth-order valence-corrected chi connectivity index (χ4v) is 4.57. The zero-order valence-electron chi connectivity index (χ0n) is 15.4. The lowest BCUT2D eigenvalue weighted by Crippen LogP contribution is -2.65. The van der Waals surface area contributed by atoms with Crippen molar-refractivity contribution >= 4 is 5.69 Å². The molecule has 0 radical (unpaired) electrons. The monoisotopic (exact) mass is 353 g/mol. The highest BCUT2D eigenvalue weighted by molar-refractivity contribution is 5.69. The van der Waals surface area contributed by atoms with Gasteiger partial charge in [0.15, 0.2) is 0 Å². The number of rotatable bonds is 2. The van der Waals surface area contributed by atoms with Crippen LogP contribution in [0.3, 0.4) is 0 Å². The molecule has 1 fully saturated rings. The number of benzene rings is 1. The summed E-state index contributed by atoms with van der Waals surface area (Å²) in [5, 5.41) is 30.8. The zero-order valence-corrected chi connectivity index (χ0v) is 15.4. The Morgan fingerprint density at radius 3 is 2.38 bits per heavy atom. The Labute approximate surface area is 152 Å². The highest BCUT2D eigenvalue weighted by Crippen LogP contribution is 2.49. The standard InChI is InChI=1S/C20H23N3O3/c1-10-15(19(26)22-21-10)16-17(24)11(18(16)25)9-14-20(2,3)12-7-5-6-8-13(12)23(14)4/h5-9,11,16-18H,1-4H3,(H2,21,22,26)/q-2/b14-9+. The van der Waals surface area contributed by atoms with Crippen LogP contribution in [-0.2, 0) is 5.41 Å². The van der Waals surface area contributed by atoms with Gasteiger partial charge >= 0.3 is 0 Å². The van der Waals surface area contributed by atoms with Crippen LogP contribution in [0, 0.1) is 12.8 Å². The number of nitrogens with zero attached hydrogens (tertiary/aromatic N) is 1. The van der Waals surface area contributed by atoms with Crippen molar-refractivity contribution < 1.29 is 10.2 Å². The Hall–Kier alpha value is -2.31. The maximum Gasteiger partial charge on any atom is 0.267 e. The van der Waals surface area contributed by atoms with E-state index in [1.807, 2.05) is 31.3 Å². The molecule has 1 aromatic heterocycles. The second-order valence-corrected chi connectivity index (χ2v) is 7.90. The summed E-state index contributed by atoms with van der Waals surface area (Å²) in [6.07, 6.45) is -0.357. The maximum atomic E-state index is 12.8. The molecule has 4 rings (SSSR count). The molecule has 2 N–H and O–H groups in total. The molecule has 6 nitrogen and oxygen atoms in total. The van der Waals surface area contributed by atoms with Crippen molar-refractivity contribution in [1.82, 2.24) is 10.2 Å². The molecule has 0 spiro atoms. The van der Waals surface area contributed by atoms with Gasteiger partial charge in [0, 0.05) is 35.1 Å². The quantitative estimate of drug-likeness (QED) is 0.821. The predicted molar refractivity (Wildman–Crippen MR) is 95.9 cm³/mol. The van der Waals surface area contributed by atoms with Gasteiger partial charge in [-0.25, -0.2) is 0 Å². The highest BCUT2D eigenvalue weighted by atomic mass is 16.3. The molecule has 0 saturated heterocycles. The van der Waals surface area contributed by atoms with E-state index in [4.69, 9.17) is 0 Å². The van der Waals surface area contributed by atoms with E-state index in [1.165, 1.54) is 5.56 Å². The molecule has 2 aliphatic rings. The van der Waals surface area contributed by atoms with Crippen LogP contribution in [0.1, 0.15) is 36.6 Å². The molecule has 26 heavy (non-hydrogen) atoms. The lowest BCUT2D eigenvalue weighted by atomic mass is 9.65. The number of aromatic amines is 2. The first-order chi connectivity index (χ1) is 12.2. The SMILES string of the molecule is Cc1[nH][nH]c(=O)c1C1C([O-])C(/C=C2/N(C)c3ccccc3C2(C)C)C1[O-]. The first-order valence-electron chi connectivity index (χ1n) is 8.89. The van der Waals surface area contributed by atoms with Gasteiger partial charge in [0.25, 0.3) is 5.56 Å². The zero-order chi connectivity index (χ0) is 18.8. The largest absolute Gasteiger partial charge is 0.851 e. The van der Waals surface area contributed by atoms with Crippen molar-refractivity contribution in [2.24, 2.45) is 5.92 Å². The second-order valence-electron chi connectivity index (χ2n) is 7.90. The Kier molecular flexibility index (Phi) is 3.68. The summed E-state index contributed by atoms with van der Waals surface area (Å²) >= 11 is 0. The second kappa shape index (κ2) is 5.59. The van der Waals surface area contributed by atoms with E-state index >= 15 is 0 Å². The van der Waals surface area contributed by atoms with Crippen molar-refractivity contribution in [2.45, 2.75) is 44.3 Å². The number of H-pyrrole nitrogens is 2. The Morgan fingerprint density at radius 2 is 1.81 bits per heavy atom. The van der Waals surface area contributed by atoms with Gasteiger partial charge in [0.2, 0.25) is 0 Å². The fraction of sp³-hybridized carbons (Fsp3) is 0.450. The summed E-state index contributed by atoms with van der Waals surface area (Å²) in [6, 6.07) is 8.13. The molecule has 2 unspecified atom stereocenters. The molecule has 2 heterocycles. The Morgan fingerprint density at radius 1 is 1.15 bits per heavy atom. The molecule has 1 aliphatic heterocycles. The molecule has 2 atom stereocenters. The topological polar surface area (TPSA) is 98.0 Å². The molecule has 1 saturated carbocycles. The summed E-state index contributed by atoms with van der Waals surface area (Å²) in [6.45, 7) is 5.93. The summed E-state index contributed by atoms with van der Waals surface area (Å²) < 4.78 is 0. The van der Waals surface area contributed by atoms with E-state index in [0.29, 0.717) is 11.3 Å². The van der Waals surface area contributed by atoms with Crippen LogP contribution in [0.15, 0.2) is 40.8 Å². The smallest absolute Gasteiger partial charge is 0.267 e. The van der Waals surface area contributed by atoms with Crippen LogP contribution in [-0.4, -0.2) is 29.5 Å². The van der Waals surface area contributed by atoms with Crippen LogP contribution in [0.5, 0.6) is 0 Å². The molecule has 0 bridgehead atoms. The number of likely N-dealkylation sites (N-methyl/N-ethyl adjacent to an activating group) is 1. The Bertz CT molecular complexity index is 930. The minimum Gasteiger partial charge on any atom is -0.851 e. The minimum absolute atomic E-state index is 0.267. The van der Waals surface area contributed by atoms with E-state index in [2.05, 4.69) is 35.0 Å². The maximum absolute atomic E-state index is 12.8. The highest BCUT2D eigenvalue weighted by Gasteiger charge is 2.43. The lowest BCUT2D eigenvalue weighted by molar-refractivity contribution is -0.543. The van der Waals surface area contributed by atoms with Crippen LogP contribution in [0.4, 0.5) is 5.69 Å². The minimum atomic E-state index is -1.10. The summed E-state index contributed by atoms with van der Waals surface area (Å²) in [5.41, 5.74) is 3.54. The molecule has 6 heteroatoms. The van der Waals surface area contributed by atoms with E-state index in [9.17, 15) is 15.0 Å². The fourth-order valence-electron chi connectivity index (χ4n) is 4.57. The third-order valence-corrected chi connectivity index (χ3v) is 6.10. The third-order valence-electron chi connectivity index (χ3n) is 6.10. The van der Waals surface area contributed by atoms with E-state index in [-0.39, 0.29) is 11.0 Å². The Balaban J connectivity index is 1.67. The van der Waals surface area contributed by atoms with E-state index in [1.54, 1.807) is 6.92 Å². The summed E-state index contributed by atoms with van der Waals surface area (Å²) in [5.74, 6) is -1.41. The number of anilines is 1. The summed E-state index contributed by atoms with van der Waals surface area (Å²) in [7, 11) is 1.97. The average molecular weight is 353 g/mol. The van der Waals surface area contributed by atoms with E-state index in [0.717, 1.165) is 11.4 Å². The number of fused-ring (bicyclic) bond motifs is 1. The van der Waals surface area contributed by atoms with Gasteiger partial charge in [-0.1, -0.05) is 38.1 Å². The first kappa shape index (κ1) is 17.1. The molecule has 0 amide bonds. The van der Waals surface area contributed by atoms with Gasteiger partial charge in [-0.05, 0) is 30.4 Å².